The molecule has 144 valence electrons. The van der Waals surface area contributed by atoms with Gasteiger partial charge >= 0.3 is 0 Å². The molecule has 2 fully saturated rings. The molecule has 0 spiro atoms. The molecule has 5 nitrogen and oxygen atoms in total. The van der Waals surface area contributed by atoms with Crippen molar-refractivity contribution in [1.29, 1.82) is 0 Å². The van der Waals surface area contributed by atoms with E-state index in [-0.39, 0.29) is 0 Å². The summed E-state index contributed by atoms with van der Waals surface area (Å²) in [5, 5.41) is 7.57. The molecule has 1 heterocycles. The maximum Gasteiger partial charge on any atom is 0.191 e. The quantitative estimate of drug-likeness (QED) is 0.562. The van der Waals surface area contributed by atoms with Crippen molar-refractivity contribution in [3.05, 3.63) is 23.8 Å². The van der Waals surface area contributed by atoms with Crippen molar-refractivity contribution in [3.8, 4) is 11.5 Å². The highest BCUT2D eigenvalue weighted by Gasteiger charge is 2.19. The molecule has 1 aliphatic carbocycles. The molecule has 0 amide bonds. The molecule has 1 unspecified atom stereocenters. The number of nitrogens with one attached hydrogen (secondary N) is 2. The predicted molar refractivity (Wildman–Crippen MR) is 110 cm³/mol. The highest BCUT2D eigenvalue weighted by atomic mass is 32.2. The van der Waals surface area contributed by atoms with Crippen molar-refractivity contribution < 1.29 is 9.47 Å². The van der Waals surface area contributed by atoms with E-state index in [4.69, 9.17) is 9.47 Å². The lowest BCUT2D eigenvalue weighted by atomic mass is 10.2. The maximum atomic E-state index is 6.27. The first-order valence-electron chi connectivity index (χ1n) is 9.68. The molecule has 1 aromatic rings. The van der Waals surface area contributed by atoms with E-state index < -0.39 is 0 Å². The summed E-state index contributed by atoms with van der Waals surface area (Å²) in [7, 11) is 3.51. The van der Waals surface area contributed by atoms with Gasteiger partial charge in [0.15, 0.2) is 5.96 Å². The van der Waals surface area contributed by atoms with Gasteiger partial charge in [0, 0.05) is 37.0 Å². The summed E-state index contributed by atoms with van der Waals surface area (Å²) in [5.41, 5.74) is 1.14. The Morgan fingerprint density at radius 3 is 2.73 bits per heavy atom. The highest BCUT2D eigenvalue weighted by molar-refractivity contribution is 8.00. The zero-order chi connectivity index (χ0) is 18.2. The summed E-state index contributed by atoms with van der Waals surface area (Å²) in [6.07, 6.45) is 7.77. The number of methoxy groups -OCH3 is 1. The Morgan fingerprint density at radius 1 is 1.19 bits per heavy atom. The van der Waals surface area contributed by atoms with Crippen molar-refractivity contribution >= 4 is 17.7 Å². The van der Waals surface area contributed by atoms with Gasteiger partial charge in [-0.15, -0.1) is 0 Å². The van der Waals surface area contributed by atoms with Crippen LogP contribution < -0.4 is 20.1 Å². The SMILES string of the molecule is CN=C(NCc1ccc(OC)cc1OC1CCCC1)NCC1CCCS1. The van der Waals surface area contributed by atoms with Crippen LogP contribution in [0.15, 0.2) is 23.2 Å². The maximum absolute atomic E-state index is 6.27. The van der Waals surface area contributed by atoms with Crippen LogP contribution in [0.1, 0.15) is 44.1 Å². The van der Waals surface area contributed by atoms with Gasteiger partial charge in [0.2, 0.25) is 0 Å². The second-order valence-electron chi connectivity index (χ2n) is 6.94. The molecule has 1 atom stereocenters. The van der Waals surface area contributed by atoms with Gasteiger partial charge in [-0.1, -0.05) is 0 Å². The Hall–Kier alpha value is -1.56. The third kappa shape index (κ3) is 5.47. The standard InChI is InChI=1S/C20H31N3O2S/c1-21-20(23-14-18-8-5-11-26-18)22-13-15-9-10-17(24-2)12-19(15)25-16-6-3-4-7-16/h9-10,12,16,18H,3-8,11,13-14H2,1-2H3,(H2,21,22,23). The third-order valence-electron chi connectivity index (χ3n) is 5.06. The van der Waals surface area contributed by atoms with Crippen LogP contribution in [-0.4, -0.2) is 43.8 Å². The minimum atomic E-state index is 0.331. The van der Waals surface area contributed by atoms with Crippen LogP contribution in [0.5, 0.6) is 11.5 Å². The van der Waals surface area contributed by atoms with Gasteiger partial charge in [-0.05, 0) is 56.4 Å². The molecule has 0 radical (unpaired) electrons. The van der Waals surface area contributed by atoms with Crippen molar-refractivity contribution in [2.75, 3.05) is 26.5 Å². The normalized spacial score (nSPS) is 21.0. The summed E-state index contributed by atoms with van der Waals surface area (Å²) in [6.45, 7) is 1.65. The van der Waals surface area contributed by atoms with E-state index in [2.05, 4.69) is 33.5 Å². The molecule has 1 saturated carbocycles. The molecule has 1 saturated heterocycles. The van der Waals surface area contributed by atoms with Crippen LogP contribution in [0, 0.1) is 0 Å². The van der Waals surface area contributed by atoms with Crippen LogP contribution in [0.3, 0.4) is 0 Å². The Balaban J connectivity index is 1.57. The number of hydrogen-bond donors (Lipinski definition) is 2. The molecule has 1 aliphatic heterocycles. The monoisotopic (exact) mass is 377 g/mol. The first-order valence-corrected chi connectivity index (χ1v) is 10.7. The van der Waals surface area contributed by atoms with Crippen LogP contribution in [0.25, 0.3) is 0 Å². The fraction of sp³-hybridized carbons (Fsp3) is 0.650. The molecule has 2 N–H and O–H groups in total. The molecule has 0 aromatic heterocycles. The van der Waals surface area contributed by atoms with Crippen molar-refractivity contribution in [3.63, 3.8) is 0 Å². The lowest BCUT2D eigenvalue weighted by Gasteiger charge is -2.19. The average molecular weight is 378 g/mol. The zero-order valence-corrected chi connectivity index (χ0v) is 16.7. The van der Waals surface area contributed by atoms with Gasteiger partial charge in [0.1, 0.15) is 11.5 Å². The summed E-state index contributed by atoms with van der Waals surface area (Å²) >= 11 is 2.05. The van der Waals surface area contributed by atoms with Crippen LogP contribution in [0.4, 0.5) is 0 Å². The van der Waals surface area contributed by atoms with Gasteiger partial charge < -0.3 is 20.1 Å². The molecular formula is C20H31N3O2S. The van der Waals surface area contributed by atoms with E-state index in [1.54, 1.807) is 7.11 Å². The van der Waals surface area contributed by atoms with Gasteiger partial charge in [0.05, 0.1) is 13.2 Å². The van der Waals surface area contributed by atoms with Crippen molar-refractivity contribution in [2.24, 2.45) is 4.99 Å². The summed E-state index contributed by atoms with van der Waals surface area (Å²) in [5.74, 6) is 3.89. The molecule has 2 aliphatic rings. The average Bonchev–Trinajstić information content (AvgIpc) is 3.36. The smallest absolute Gasteiger partial charge is 0.191 e. The fourth-order valence-electron chi connectivity index (χ4n) is 3.52. The van der Waals surface area contributed by atoms with E-state index >= 15 is 0 Å². The molecule has 1 aromatic carbocycles. The van der Waals surface area contributed by atoms with Gasteiger partial charge in [-0.2, -0.15) is 11.8 Å². The number of guanidine groups is 1. The predicted octanol–water partition coefficient (Wildman–Crippen LogP) is 3.58. The molecular weight excluding hydrogens is 346 g/mol. The van der Waals surface area contributed by atoms with E-state index in [9.17, 15) is 0 Å². The first kappa shape index (κ1) is 19.2. The van der Waals surface area contributed by atoms with Crippen LogP contribution >= 0.6 is 11.8 Å². The molecule has 26 heavy (non-hydrogen) atoms. The van der Waals surface area contributed by atoms with E-state index in [1.807, 2.05) is 19.2 Å². The van der Waals surface area contributed by atoms with E-state index in [1.165, 1.54) is 31.4 Å². The Labute approximate surface area is 161 Å². The lowest BCUT2D eigenvalue weighted by molar-refractivity contribution is 0.207. The minimum absolute atomic E-state index is 0.331. The van der Waals surface area contributed by atoms with Gasteiger partial charge in [0.25, 0.3) is 0 Å². The number of hydrogen-bond acceptors (Lipinski definition) is 4. The molecule has 6 heteroatoms. The number of nitrogens with zero attached hydrogens (tertiary/aromatic N) is 1. The fourth-order valence-corrected chi connectivity index (χ4v) is 4.72. The van der Waals surface area contributed by atoms with Gasteiger partial charge in [-0.3, -0.25) is 4.99 Å². The van der Waals surface area contributed by atoms with Crippen LogP contribution in [-0.2, 0) is 6.54 Å². The van der Waals surface area contributed by atoms with Crippen molar-refractivity contribution in [1.82, 2.24) is 10.6 Å². The van der Waals surface area contributed by atoms with E-state index in [0.717, 1.165) is 42.4 Å². The van der Waals surface area contributed by atoms with Crippen LogP contribution in [0.2, 0.25) is 0 Å². The topological polar surface area (TPSA) is 54.9 Å². The first-order chi connectivity index (χ1) is 12.8. The Morgan fingerprint density at radius 2 is 2.04 bits per heavy atom. The number of rotatable bonds is 7. The molecule has 0 bridgehead atoms. The number of ether oxygens (including phenoxy) is 2. The minimum Gasteiger partial charge on any atom is -0.497 e. The summed E-state index contributed by atoms with van der Waals surface area (Å²) < 4.78 is 11.7. The second-order valence-corrected chi connectivity index (χ2v) is 8.35. The Kier molecular flexibility index (Phi) is 7.35. The number of thioether (sulfide) groups is 1. The zero-order valence-electron chi connectivity index (χ0n) is 15.9. The van der Waals surface area contributed by atoms with Gasteiger partial charge in [-0.25, -0.2) is 0 Å². The third-order valence-corrected chi connectivity index (χ3v) is 6.46. The summed E-state index contributed by atoms with van der Waals surface area (Å²) in [6, 6.07) is 6.07. The number of aliphatic imine (C=N–C) groups is 1. The summed E-state index contributed by atoms with van der Waals surface area (Å²) in [4.78, 5) is 4.35. The number of benzene rings is 1. The molecule has 3 rings (SSSR count). The Bertz CT molecular complexity index is 597. The largest absolute Gasteiger partial charge is 0.497 e. The second kappa shape index (κ2) is 9.95. The van der Waals surface area contributed by atoms with Crippen molar-refractivity contribution in [2.45, 2.75) is 56.4 Å². The lowest BCUT2D eigenvalue weighted by Crippen LogP contribution is -2.39. The van der Waals surface area contributed by atoms with E-state index in [0.29, 0.717) is 17.9 Å². The highest BCUT2D eigenvalue weighted by Crippen LogP contribution is 2.30.